The predicted molar refractivity (Wildman–Crippen MR) is 87.2 cm³/mol. The van der Waals surface area contributed by atoms with Crippen LogP contribution in [0.25, 0.3) is 0 Å². The SMILES string of the molecule is CCNC(Cc1cccc(F)c1)c1cc(Br)ccc1OC. The van der Waals surface area contributed by atoms with E-state index in [0.29, 0.717) is 6.42 Å². The molecule has 0 spiro atoms. The summed E-state index contributed by atoms with van der Waals surface area (Å²) in [4.78, 5) is 0. The average molecular weight is 352 g/mol. The fraction of sp³-hybridized carbons (Fsp3) is 0.294. The van der Waals surface area contributed by atoms with Gasteiger partial charge in [0.1, 0.15) is 11.6 Å². The van der Waals surface area contributed by atoms with Crippen LogP contribution in [0.1, 0.15) is 24.1 Å². The third-order valence-electron chi connectivity index (χ3n) is 3.35. The summed E-state index contributed by atoms with van der Waals surface area (Å²) in [5.74, 6) is 0.629. The second-order valence-electron chi connectivity index (χ2n) is 4.83. The molecule has 0 aliphatic rings. The molecule has 2 nitrogen and oxygen atoms in total. The van der Waals surface area contributed by atoms with Crippen molar-refractivity contribution < 1.29 is 9.13 Å². The first-order valence-electron chi connectivity index (χ1n) is 6.95. The van der Waals surface area contributed by atoms with Crippen LogP contribution in [-0.2, 0) is 6.42 Å². The van der Waals surface area contributed by atoms with Gasteiger partial charge < -0.3 is 10.1 Å². The van der Waals surface area contributed by atoms with E-state index in [1.54, 1.807) is 19.2 Å². The zero-order chi connectivity index (χ0) is 15.2. The lowest BCUT2D eigenvalue weighted by Gasteiger charge is -2.21. The second-order valence-corrected chi connectivity index (χ2v) is 5.75. The van der Waals surface area contributed by atoms with E-state index in [1.807, 2.05) is 24.3 Å². The summed E-state index contributed by atoms with van der Waals surface area (Å²) in [6.45, 7) is 2.89. The predicted octanol–water partition coefficient (Wildman–Crippen LogP) is 4.49. The Labute approximate surface area is 133 Å². The number of rotatable bonds is 6. The number of hydrogen-bond acceptors (Lipinski definition) is 2. The lowest BCUT2D eigenvalue weighted by molar-refractivity contribution is 0.399. The smallest absolute Gasteiger partial charge is 0.123 e. The van der Waals surface area contributed by atoms with Crippen molar-refractivity contribution in [2.24, 2.45) is 0 Å². The van der Waals surface area contributed by atoms with E-state index in [4.69, 9.17) is 4.74 Å². The van der Waals surface area contributed by atoms with Gasteiger partial charge in [-0.25, -0.2) is 4.39 Å². The minimum atomic E-state index is -0.205. The van der Waals surface area contributed by atoms with Crippen molar-refractivity contribution in [3.8, 4) is 5.75 Å². The molecule has 2 aromatic carbocycles. The van der Waals surface area contributed by atoms with E-state index in [0.717, 1.165) is 27.9 Å². The third-order valence-corrected chi connectivity index (χ3v) is 3.84. The van der Waals surface area contributed by atoms with Gasteiger partial charge in [0.2, 0.25) is 0 Å². The molecule has 2 aromatic rings. The summed E-state index contributed by atoms with van der Waals surface area (Å²) < 4.78 is 19.8. The fourth-order valence-electron chi connectivity index (χ4n) is 2.42. The highest BCUT2D eigenvalue weighted by molar-refractivity contribution is 9.10. The molecule has 21 heavy (non-hydrogen) atoms. The number of likely N-dealkylation sites (N-methyl/N-ethyl adjacent to an activating group) is 1. The molecule has 1 atom stereocenters. The van der Waals surface area contributed by atoms with Crippen molar-refractivity contribution in [1.82, 2.24) is 5.32 Å². The van der Waals surface area contributed by atoms with Gasteiger partial charge in [0.15, 0.2) is 0 Å². The summed E-state index contributed by atoms with van der Waals surface area (Å²) in [7, 11) is 1.66. The summed E-state index contributed by atoms with van der Waals surface area (Å²) in [5, 5.41) is 3.45. The van der Waals surface area contributed by atoms with Gasteiger partial charge in [-0.2, -0.15) is 0 Å². The molecule has 0 fully saturated rings. The highest BCUT2D eigenvalue weighted by Crippen LogP contribution is 2.30. The van der Waals surface area contributed by atoms with E-state index in [1.165, 1.54) is 6.07 Å². The maximum Gasteiger partial charge on any atom is 0.123 e. The third kappa shape index (κ3) is 4.29. The summed E-state index contributed by atoms with van der Waals surface area (Å²) in [6.07, 6.45) is 0.707. The van der Waals surface area contributed by atoms with Crippen LogP contribution in [0.15, 0.2) is 46.9 Å². The minimum absolute atomic E-state index is 0.0734. The molecule has 0 heterocycles. The van der Waals surface area contributed by atoms with Crippen LogP contribution in [0, 0.1) is 5.82 Å². The topological polar surface area (TPSA) is 21.3 Å². The van der Waals surface area contributed by atoms with Crippen molar-refractivity contribution in [3.63, 3.8) is 0 Å². The van der Waals surface area contributed by atoms with Gasteiger partial charge >= 0.3 is 0 Å². The highest BCUT2D eigenvalue weighted by Gasteiger charge is 2.16. The van der Waals surface area contributed by atoms with Crippen LogP contribution in [-0.4, -0.2) is 13.7 Å². The van der Waals surface area contributed by atoms with E-state index in [9.17, 15) is 4.39 Å². The Bertz CT molecular complexity index is 603. The summed E-state index contributed by atoms with van der Waals surface area (Å²) >= 11 is 3.50. The van der Waals surface area contributed by atoms with Crippen molar-refractivity contribution in [2.75, 3.05) is 13.7 Å². The van der Waals surface area contributed by atoms with Gasteiger partial charge in [0.25, 0.3) is 0 Å². The van der Waals surface area contributed by atoms with Crippen molar-refractivity contribution in [1.29, 1.82) is 0 Å². The van der Waals surface area contributed by atoms with Crippen LogP contribution >= 0.6 is 15.9 Å². The number of hydrogen-bond donors (Lipinski definition) is 1. The maximum atomic E-state index is 13.4. The van der Waals surface area contributed by atoms with Gasteiger partial charge in [0, 0.05) is 16.1 Å². The number of nitrogens with one attached hydrogen (secondary N) is 1. The molecule has 0 aliphatic carbocycles. The standard InChI is InChI=1S/C17H19BrFNO/c1-3-20-16(10-12-5-4-6-14(19)9-12)15-11-13(18)7-8-17(15)21-2/h4-9,11,16,20H,3,10H2,1-2H3. The zero-order valence-electron chi connectivity index (χ0n) is 12.2. The maximum absolute atomic E-state index is 13.4. The Morgan fingerprint density at radius 2 is 2.05 bits per heavy atom. The Hall–Kier alpha value is -1.39. The van der Waals surface area contributed by atoms with Crippen LogP contribution < -0.4 is 10.1 Å². The van der Waals surface area contributed by atoms with E-state index in [2.05, 4.69) is 28.2 Å². The lowest BCUT2D eigenvalue weighted by atomic mass is 9.98. The normalized spacial score (nSPS) is 12.2. The molecule has 0 amide bonds. The van der Waals surface area contributed by atoms with Crippen LogP contribution in [0.4, 0.5) is 4.39 Å². The Morgan fingerprint density at radius 3 is 2.71 bits per heavy atom. The minimum Gasteiger partial charge on any atom is -0.496 e. The van der Waals surface area contributed by atoms with Gasteiger partial charge in [-0.15, -0.1) is 0 Å². The van der Waals surface area contributed by atoms with Gasteiger partial charge in [-0.1, -0.05) is 35.0 Å². The molecule has 0 aromatic heterocycles. The van der Waals surface area contributed by atoms with E-state index in [-0.39, 0.29) is 11.9 Å². The number of methoxy groups -OCH3 is 1. The first-order chi connectivity index (χ1) is 10.1. The fourth-order valence-corrected chi connectivity index (χ4v) is 2.79. The Balaban J connectivity index is 2.32. The monoisotopic (exact) mass is 351 g/mol. The number of benzene rings is 2. The first-order valence-corrected chi connectivity index (χ1v) is 7.74. The molecule has 4 heteroatoms. The molecule has 0 saturated carbocycles. The molecular weight excluding hydrogens is 333 g/mol. The molecule has 0 saturated heterocycles. The second kappa shape index (κ2) is 7.57. The van der Waals surface area contributed by atoms with E-state index < -0.39 is 0 Å². The first kappa shape index (κ1) is 16.0. The van der Waals surface area contributed by atoms with Crippen molar-refractivity contribution in [2.45, 2.75) is 19.4 Å². The zero-order valence-corrected chi connectivity index (χ0v) is 13.8. The van der Waals surface area contributed by atoms with Gasteiger partial charge in [-0.3, -0.25) is 0 Å². The highest BCUT2D eigenvalue weighted by atomic mass is 79.9. The van der Waals surface area contributed by atoms with Gasteiger partial charge in [0.05, 0.1) is 7.11 Å². The number of halogens is 2. The average Bonchev–Trinajstić information content (AvgIpc) is 2.47. The molecule has 112 valence electrons. The summed E-state index contributed by atoms with van der Waals surface area (Å²) in [6, 6.07) is 12.7. The molecule has 0 radical (unpaired) electrons. The van der Waals surface area contributed by atoms with E-state index >= 15 is 0 Å². The van der Waals surface area contributed by atoms with Crippen LogP contribution in [0.2, 0.25) is 0 Å². The molecule has 1 N–H and O–H groups in total. The molecule has 0 bridgehead atoms. The quantitative estimate of drug-likeness (QED) is 0.827. The number of ether oxygens (including phenoxy) is 1. The molecule has 2 rings (SSSR count). The molecule has 0 aliphatic heterocycles. The van der Waals surface area contributed by atoms with Crippen molar-refractivity contribution >= 4 is 15.9 Å². The van der Waals surface area contributed by atoms with Crippen LogP contribution in [0.5, 0.6) is 5.75 Å². The van der Waals surface area contributed by atoms with Gasteiger partial charge in [-0.05, 0) is 48.9 Å². The molecular formula is C17H19BrFNO. The van der Waals surface area contributed by atoms with Crippen LogP contribution in [0.3, 0.4) is 0 Å². The lowest BCUT2D eigenvalue weighted by Crippen LogP contribution is -2.23. The largest absolute Gasteiger partial charge is 0.496 e. The van der Waals surface area contributed by atoms with Crippen molar-refractivity contribution in [3.05, 3.63) is 63.9 Å². The molecule has 1 unspecified atom stereocenters. The Morgan fingerprint density at radius 1 is 1.24 bits per heavy atom. The summed E-state index contributed by atoms with van der Waals surface area (Å²) in [5.41, 5.74) is 2.03. The Kier molecular flexibility index (Phi) is 5.76.